The van der Waals surface area contributed by atoms with Gasteiger partial charge in [-0.25, -0.2) is 0 Å². The summed E-state index contributed by atoms with van der Waals surface area (Å²) >= 11 is 3.40. The maximum atomic E-state index is 5.94. The molecule has 0 aliphatic heterocycles. The Morgan fingerprint density at radius 1 is 1.14 bits per heavy atom. The summed E-state index contributed by atoms with van der Waals surface area (Å²) in [6.45, 7) is 0. The number of rotatable bonds is 3. The molecule has 0 aliphatic rings. The first kappa shape index (κ1) is 13.6. The molecule has 0 spiro atoms. The molecule has 0 saturated heterocycles. The second-order valence-corrected chi connectivity index (χ2v) is 5.30. The number of aromatic nitrogens is 2. The van der Waals surface area contributed by atoms with Crippen LogP contribution in [-0.2, 0) is 0 Å². The quantitative estimate of drug-likeness (QED) is 0.731. The highest BCUT2D eigenvalue weighted by atomic mass is 79.9. The first-order chi connectivity index (χ1) is 10.2. The molecule has 6 heteroatoms. The van der Waals surface area contributed by atoms with Crippen LogP contribution in [0.4, 0.5) is 5.69 Å². The third-order valence-corrected chi connectivity index (χ3v) is 3.51. The van der Waals surface area contributed by atoms with Crippen LogP contribution in [0, 0.1) is 0 Å². The van der Waals surface area contributed by atoms with E-state index in [1.165, 1.54) is 0 Å². The maximum absolute atomic E-state index is 5.94. The van der Waals surface area contributed by atoms with Crippen molar-refractivity contribution in [3.8, 4) is 28.6 Å². The van der Waals surface area contributed by atoms with Gasteiger partial charge in [0.15, 0.2) is 0 Å². The minimum Gasteiger partial charge on any atom is -0.497 e. The van der Waals surface area contributed by atoms with E-state index in [0.717, 1.165) is 15.8 Å². The number of nitrogens with two attached hydrogens (primary N) is 1. The van der Waals surface area contributed by atoms with Crippen molar-refractivity contribution in [3.05, 3.63) is 46.9 Å². The average molecular weight is 346 g/mol. The molecule has 0 saturated carbocycles. The topological polar surface area (TPSA) is 74.2 Å². The number of hydrogen-bond acceptors (Lipinski definition) is 5. The molecular formula is C15H12BrN3O2. The van der Waals surface area contributed by atoms with Crippen LogP contribution in [0.25, 0.3) is 22.8 Å². The standard InChI is InChI=1S/C15H12BrN3O2/c1-20-11-5-2-9(3-6-11)14-18-15(21-19-14)12-8-10(16)4-7-13(12)17/h2-8H,17H2,1H3. The van der Waals surface area contributed by atoms with Gasteiger partial charge in [0.2, 0.25) is 5.82 Å². The number of nitrogens with zero attached hydrogens (tertiary/aromatic N) is 2. The molecule has 0 amide bonds. The Labute approximate surface area is 129 Å². The Morgan fingerprint density at radius 2 is 1.90 bits per heavy atom. The third-order valence-electron chi connectivity index (χ3n) is 3.02. The van der Waals surface area contributed by atoms with Gasteiger partial charge in [-0.1, -0.05) is 21.1 Å². The average Bonchev–Trinajstić information content (AvgIpc) is 2.99. The second kappa shape index (κ2) is 5.57. The fraction of sp³-hybridized carbons (Fsp3) is 0.0667. The molecule has 0 fully saturated rings. The van der Waals surface area contributed by atoms with Gasteiger partial charge in [-0.3, -0.25) is 0 Å². The van der Waals surface area contributed by atoms with Gasteiger partial charge in [-0.05, 0) is 42.5 Å². The molecule has 106 valence electrons. The number of benzene rings is 2. The molecule has 1 aromatic heterocycles. The Kier molecular flexibility index (Phi) is 3.62. The number of hydrogen-bond donors (Lipinski definition) is 1. The van der Waals surface area contributed by atoms with Crippen LogP contribution in [0.5, 0.6) is 5.75 Å². The number of nitrogen functional groups attached to an aromatic ring is 1. The molecule has 5 nitrogen and oxygen atoms in total. The smallest absolute Gasteiger partial charge is 0.260 e. The van der Waals surface area contributed by atoms with Gasteiger partial charge in [0.25, 0.3) is 5.89 Å². The summed E-state index contributed by atoms with van der Waals surface area (Å²) < 4.78 is 11.3. The number of anilines is 1. The zero-order chi connectivity index (χ0) is 14.8. The van der Waals surface area contributed by atoms with Crippen molar-refractivity contribution in [2.75, 3.05) is 12.8 Å². The predicted molar refractivity (Wildman–Crippen MR) is 83.8 cm³/mol. The molecule has 3 rings (SSSR count). The lowest BCUT2D eigenvalue weighted by atomic mass is 10.2. The van der Waals surface area contributed by atoms with Crippen molar-refractivity contribution in [2.45, 2.75) is 0 Å². The van der Waals surface area contributed by atoms with Crippen molar-refractivity contribution in [2.24, 2.45) is 0 Å². The maximum Gasteiger partial charge on any atom is 0.260 e. The molecular weight excluding hydrogens is 334 g/mol. The highest BCUT2D eigenvalue weighted by molar-refractivity contribution is 9.10. The van der Waals surface area contributed by atoms with Crippen LogP contribution in [-0.4, -0.2) is 17.3 Å². The molecule has 0 aliphatic carbocycles. The lowest BCUT2D eigenvalue weighted by Crippen LogP contribution is -1.90. The molecule has 3 aromatic rings. The Bertz CT molecular complexity index is 769. The van der Waals surface area contributed by atoms with Crippen molar-refractivity contribution >= 4 is 21.6 Å². The molecule has 0 unspecified atom stereocenters. The zero-order valence-corrected chi connectivity index (χ0v) is 12.8. The number of methoxy groups -OCH3 is 1. The Hall–Kier alpha value is -2.34. The molecule has 0 radical (unpaired) electrons. The van der Waals surface area contributed by atoms with E-state index >= 15 is 0 Å². The third kappa shape index (κ3) is 2.75. The van der Waals surface area contributed by atoms with Gasteiger partial charge in [0.05, 0.1) is 12.7 Å². The summed E-state index contributed by atoms with van der Waals surface area (Å²) in [7, 11) is 1.62. The first-order valence-electron chi connectivity index (χ1n) is 6.21. The minimum absolute atomic E-state index is 0.389. The van der Waals surface area contributed by atoms with Crippen LogP contribution in [0.1, 0.15) is 0 Å². The zero-order valence-electron chi connectivity index (χ0n) is 11.2. The predicted octanol–water partition coefficient (Wildman–Crippen LogP) is 3.76. The van der Waals surface area contributed by atoms with Gasteiger partial charge in [0, 0.05) is 15.7 Å². The van der Waals surface area contributed by atoms with Crippen molar-refractivity contribution in [3.63, 3.8) is 0 Å². The van der Waals surface area contributed by atoms with Crippen LogP contribution in [0.15, 0.2) is 51.5 Å². The van der Waals surface area contributed by atoms with E-state index in [-0.39, 0.29) is 0 Å². The van der Waals surface area contributed by atoms with Gasteiger partial charge in [-0.15, -0.1) is 0 Å². The minimum atomic E-state index is 0.389. The summed E-state index contributed by atoms with van der Waals surface area (Å²) in [6, 6.07) is 12.9. The highest BCUT2D eigenvalue weighted by Crippen LogP contribution is 2.29. The Morgan fingerprint density at radius 3 is 2.62 bits per heavy atom. The van der Waals surface area contributed by atoms with E-state index in [0.29, 0.717) is 23.0 Å². The molecule has 2 N–H and O–H groups in total. The van der Waals surface area contributed by atoms with E-state index in [1.54, 1.807) is 13.2 Å². The van der Waals surface area contributed by atoms with Gasteiger partial charge >= 0.3 is 0 Å². The summed E-state index contributed by atoms with van der Waals surface area (Å²) in [5, 5.41) is 3.99. The van der Waals surface area contributed by atoms with E-state index in [2.05, 4.69) is 26.1 Å². The van der Waals surface area contributed by atoms with Crippen LogP contribution < -0.4 is 10.5 Å². The van der Waals surface area contributed by atoms with E-state index in [4.69, 9.17) is 15.0 Å². The largest absolute Gasteiger partial charge is 0.497 e. The normalized spacial score (nSPS) is 10.6. The molecule has 0 bridgehead atoms. The molecule has 0 atom stereocenters. The highest BCUT2D eigenvalue weighted by Gasteiger charge is 2.13. The molecule has 2 aromatic carbocycles. The van der Waals surface area contributed by atoms with Gasteiger partial charge < -0.3 is 15.0 Å². The van der Waals surface area contributed by atoms with Gasteiger partial charge in [0.1, 0.15) is 5.75 Å². The first-order valence-corrected chi connectivity index (χ1v) is 7.00. The SMILES string of the molecule is COc1ccc(-c2noc(-c3cc(Br)ccc3N)n2)cc1. The lowest BCUT2D eigenvalue weighted by molar-refractivity contribution is 0.415. The fourth-order valence-electron chi connectivity index (χ4n) is 1.90. The van der Waals surface area contributed by atoms with E-state index < -0.39 is 0 Å². The van der Waals surface area contributed by atoms with Crippen molar-refractivity contribution in [1.82, 2.24) is 10.1 Å². The van der Waals surface area contributed by atoms with Gasteiger partial charge in [-0.2, -0.15) is 4.98 Å². The van der Waals surface area contributed by atoms with Crippen LogP contribution >= 0.6 is 15.9 Å². The Balaban J connectivity index is 1.97. The van der Waals surface area contributed by atoms with E-state index in [1.807, 2.05) is 36.4 Å². The van der Waals surface area contributed by atoms with Crippen molar-refractivity contribution in [1.29, 1.82) is 0 Å². The molecule has 21 heavy (non-hydrogen) atoms. The number of ether oxygens (including phenoxy) is 1. The summed E-state index contributed by atoms with van der Waals surface area (Å²) in [5.74, 6) is 1.67. The molecule has 1 heterocycles. The summed E-state index contributed by atoms with van der Waals surface area (Å²) in [6.07, 6.45) is 0. The van der Waals surface area contributed by atoms with Crippen molar-refractivity contribution < 1.29 is 9.26 Å². The second-order valence-electron chi connectivity index (χ2n) is 4.38. The van der Waals surface area contributed by atoms with Crippen LogP contribution in [0.2, 0.25) is 0 Å². The van der Waals surface area contributed by atoms with E-state index in [9.17, 15) is 0 Å². The summed E-state index contributed by atoms with van der Waals surface area (Å²) in [4.78, 5) is 4.39. The summed E-state index contributed by atoms with van der Waals surface area (Å²) in [5.41, 5.74) is 8.08. The lowest BCUT2D eigenvalue weighted by Gasteiger charge is -2.00. The fourth-order valence-corrected chi connectivity index (χ4v) is 2.27. The van der Waals surface area contributed by atoms with Crippen LogP contribution in [0.3, 0.4) is 0 Å². The monoisotopic (exact) mass is 345 g/mol. The number of halogens is 1.